The van der Waals surface area contributed by atoms with Crippen LogP contribution >= 0.6 is 0 Å². The molecular weight excluding hydrogens is 207 g/mol. The van der Waals surface area contributed by atoms with E-state index in [0.29, 0.717) is 23.8 Å². The number of rotatable bonds is 6. The number of anilines is 2. The van der Waals surface area contributed by atoms with Gasteiger partial charge >= 0.3 is 0 Å². The molecule has 1 atom stereocenters. The molecule has 0 saturated carbocycles. The molecular formula is C12H19FN2O. The van der Waals surface area contributed by atoms with Crippen molar-refractivity contribution in [3.63, 3.8) is 0 Å². The molecule has 0 amide bonds. The lowest BCUT2D eigenvalue weighted by Gasteiger charge is -2.15. The van der Waals surface area contributed by atoms with Crippen molar-refractivity contribution in [2.75, 3.05) is 24.2 Å². The van der Waals surface area contributed by atoms with Crippen LogP contribution in [-0.2, 0) is 0 Å². The third-order valence-electron chi connectivity index (χ3n) is 2.69. The molecule has 4 heteroatoms. The molecule has 1 aromatic carbocycles. The number of halogens is 1. The van der Waals surface area contributed by atoms with E-state index in [-0.39, 0.29) is 12.4 Å². The Morgan fingerprint density at radius 1 is 1.50 bits per heavy atom. The zero-order valence-electron chi connectivity index (χ0n) is 9.54. The third-order valence-corrected chi connectivity index (χ3v) is 2.69. The molecule has 0 saturated heterocycles. The summed E-state index contributed by atoms with van der Waals surface area (Å²) in [6.45, 7) is 2.89. The van der Waals surface area contributed by atoms with Gasteiger partial charge in [-0.3, -0.25) is 0 Å². The maximum absolute atomic E-state index is 13.4. The molecule has 0 aliphatic rings. The average molecular weight is 226 g/mol. The molecule has 0 aliphatic heterocycles. The number of nitrogen functional groups attached to an aromatic ring is 1. The first-order chi connectivity index (χ1) is 7.67. The standard InChI is InChI=1S/C12H19FN2O/c1-2-9(5-6-16)8-15-12-4-3-10(14)7-11(12)13/h3-4,7,9,15-16H,2,5-6,8,14H2,1H3. The Hall–Kier alpha value is -1.29. The molecule has 1 rings (SSSR count). The number of nitrogens with one attached hydrogen (secondary N) is 1. The molecule has 4 N–H and O–H groups in total. The van der Waals surface area contributed by atoms with Crippen molar-refractivity contribution in [3.05, 3.63) is 24.0 Å². The van der Waals surface area contributed by atoms with Crippen LogP contribution in [-0.4, -0.2) is 18.3 Å². The number of benzene rings is 1. The Morgan fingerprint density at radius 3 is 2.81 bits per heavy atom. The van der Waals surface area contributed by atoms with Crippen molar-refractivity contribution < 1.29 is 9.50 Å². The van der Waals surface area contributed by atoms with Gasteiger partial charge in [0, 0.05) is 18.8 Å². The van der Waals surface area contributed by atoms with E-state index in [4.69, 9.17) is 10.8 Å². The lowest BCUT2D eigenvalue weighted by Crippen LogP contribution is -2.15. The predicted molar refractivity (Wildman–Crippen MR) is 64.8 cm³/mol. The minimum absolute atomic E-state index is 0.171. The van der Waals surface area contributed by atoms with Gasteiger partial charge in [-0.15, -0.1) is 0 Å². The summed E-state index contributed by atoms with van der Waals surface area (Å²) in [6.07, 6.45) is 1.70. The lowest BCUT2D eigenvalue weighted by molar-refractivity contribution is 0.258. The lowest BCUT2D eigenvalue weighted by atomic mass is 10.0. The fourth-order valence-electron chi connectivity index (χ4n) is 1.56. The van der Waals surface area contributed by atoms with Gasteiger partial charge in [-0.25, -0.2) is 4.39 Å². The van der Waals surface area contributed by atoms with Crippen LogP contribution in [0, 0.1) is 11.7 Å². The first-order valence-electron chi connectivity index (χ1n) is 5.57. The van der Waals surface area contributed by atoms with Crippen LogP contribution in [0.25, 0.3) is 0 Å². The summed E-state index contributed by atoms with van der Waals surface area (Å²) < 4.78 is 13.4. The zero-order chi connectivity index (χ0) is 12.0. The highest BCUT2D eigenvalue weighted by Gasteiger charge is 2.07. The number of nitrogens with two attached hydrogens (primary N) is 1. The summed E-state index contributed by atoms with van der Waals surface area (Å²) in [4.78, 5) is 0. The van der Waals surface area contributed by atoms with Gasteiger partial charge in [0.15, 0.2) is 0 Å². The van der Waals surface area contributed by atoms with E-state index in [1.54, 1.807) is 12.1 Å². The van der Waals surface area contributed by atoms with Crippen molar-refractivity contribution in [1.82, 2.24) is 0 Å². The highest BCUT2D eigenvalue weighted by molar-refractivity contribution is 5.52. The number of hydrogen-bond donors (Lipinski definition) is 3. The van der Waals surface area contributed by atoms with Gasteiger partial charge in [-0.05, 0) is 30.5 Å². The largest absolute Gasteiger partial charge is 0.399 e. The summed E-state index contributed by atoms with van der Waals surface area (Å²) in [7, 11) is 0. The van der Waals surface area contributed by atoms with E-state index in [2.05, 4.69) is 12.2 Å². The van der Waals surface area contributed by atoms with E-state index < -0.39 is 0 Å². The van der Waals surface area contributed by atoms with Crippen molar-refractivity contribution in [3.8, 4) is 0 Å². The second kappa shape index (κ2) is 6.33. The third kappa shape index (κ3) is 3.70. The summed E-state index contributed by atoms with van der Waals surface area (Å²) in [6, 6.07) is 4.60. The van der Waals surface area contributed by atoms with E-state index in [9.17, 15) is 4.39 Å². The molecule has 1 unspecified atom stereocenters. The van der Waals surface area contributed by atoms with E-state index >= 15 is 0 Å². The Bertz CT molecular complexity index is 331. The predicted octanol–water partition coefficient (Wildman–Crippen LogP) is 2.23. The first kappa shape index (κ1) is 12.8. The Labute approximate surface area is 95.5 Å². The van der Waals surface area contributed by atoms with Gasteiger partial charge < -0.3 is 16.2 Å². The topological polar surface area (TPSA) is 58.3 Å². The maximum atomic E-state index is 13.4. The molecule has 3 nitrogen and oxygen atoms in total. The molecule has 0 aromatic heterocycles. The minimum atomic E-state index is -0.334. The Morgan fingerprint density at radius 2 is 2.25 bits per heavy atom. The number of aliphatic hydroxyl groups excluding tert-OH is 1. The van der Waals surface area contributed by atoms with Crippen LogP contribution in [0.4, 0.5) is 15.8 Å². The summed E-state index contributed by atoms with van der Waals surface area (Å²) >= 11 is 0. The van der Waals surface area contributed by atoms with Crippen LogP contribution in [0.15, 0.2) is 18.2 Å². The molecule has 0 bridgehead atoms. The summed E-state index contributed by atoms with van der Waals surface area (Å²) in [5, 5.41) is 11.9. The summed E-state index contributed by atoms with van der Waals surface area (Å²) in [5.74, 6) is 0.0285. The molecule has 16 heavy (non-hydrogen) atoms. The van der Waals surface area contributed by atoms with Gasteiger partial charge in [0.1, 0.15) is 5.82 Å². The fourth-order valence-corrected chi connectivity index (χ4v) is 1.56. The monoisotopic (exact) mass is 226 g/mol. The van der Waals surface area contributed by atoms with Crippen LogP contribution in [0.5, 0.6) is 0 Å². The normalized spacial score (nSPS) is 12.4. The molecule has 0 heterocycles. The van der Waals surface area contributed by atoms with Crippen LogP contribution < -0.4 is 11.1 Å². The Kier molecular flexibility index (Phi) is 5.05. The number of hydrogen-bond acceptors (Lipinski definition) is 3. The van der Waals surface area contributed by atoms with Crippen LogP contribution in [0.2, 0.25) is 0 Å². The molecule has 0 spiro atoms. The SMILES string of the molecule is CCC(CCO)CNc1ccc(N)cc1F. The quantitative estimate of drug-likeness (QED) is 0.652. The van der Waals surface area contributed by atoms with Crippen molar-refractivity contribution >= 4 is 11.4 Å². The average Bonchev–Trinajstić information content (AvgIpc) is 2.26. The van der Waals surface area contributed by atoms with E-state index in [1.807, 2.05) is 0 Å². The van der Waals surface area contributed by atoms with Crippen molar-refractivity contribution in [2.45, 2.75) is 19.8 Å². The highest BCUT2D eigenvalue weighted by atomic mass is 19.1. The second-order valence-corrected chi connectivity index (χ2v) is 3.91. The van der Waals surface area contributed by atoms with E-state index in [0.717, 1.165) is 12.8 Å². The number of aliphatic hydroxyl groups is 1. The zero-order valence-corrected chi connectivity index (χ0v) is 9.54. The smallest absolute Gasteiger partial charge is 0.148 e. The fraction of sp³-hybridized carbons (Fsp3) is 0.500. The van der Waals surface area contributed by atoms with Crippen LogP contribution in [0.3, 0.4) is 0 Å². The highest BCUT2D eigenvalue weighted by Crippen LogP contribution is 2.18. The van der Waals surface area contributed by atoms with Gasteiger partial charge in [0.25, 0.3) is 0 Å². The van der Waals surface area contributed by atoms with Crippen molar-refractivity contribution in [1.29, 1.82) is 0 Å². The Balaban J connectivity index is 2.53. The molecule has 1 aromatic rings. The summed E-state index contributed by atoms with van der Waals surface area (Å²) in [5.41, 5.74) is 6.34. The molecule has 0 aliphatic carbocycles. The molecule has 0 fully saturated rings. The van der Waals surface area contributed by atoms with Gasteiger partial charge in [0.05, 0.1) is 5.69 Å². The van der Waals surface area contributed by atoms with Gasteiger partial charge in [-0.1, -0.05) is 13.3 Å². The first-order valence-corrected chi connectivity index (χ1v) is 5.57. The minimum Gasteiger partial charge on any atom is -0.399 e. The maximum Gasteiger partial charge on any atom is 0.148 e. The van der Waals surface area contributed by atoms with Crippen molar-refractivity contribution in [2.24, 2.45) is 5.92 Å². The molecule has 0 radical (unpaired) electrons. The van der Waals surface area contributed by atoms with Crippen LogP contribution in [0.1, 0.15) is 19.8 Å². The van der Waals surface area contributed by atoms with Gasteiger partial charge in [0.2, 0.25) is 0 Å². The van der Waals surface area contributed by atoms with Gasteiger partial charge in [-0.2, -0.15) is 0 Å². The second-order valence-electron chi connectivity index (χ2n) is 3.91. The molecule has 90 valence electrons. The van der Waals surface area contributed by atoms with E-state index in [1.165, 1.54) is 6.07 Å².